The Hall–Kier alpha value is -1.88. The highest BCUT2D eigenvalue weighted by Crippen LogP contribution is 2.19. The third-order valence-corrected chi connectivity index (χ3v) is 4.93. The fourth-order valence-corrected chi connectivity index (χ4v) is 3.24. The molecule has 0 saturated carbocycles. The lowest BCUT2D eigenvalue weighted by Gasteiger charge is -2.30. The van der Waals surface area contributed by atoms with Crippen LogP contribution in [0.1, 0.15) is 43.4 Å². The Bertz CT molecular complexity index is 575. The van der Waals surface area contributed by atoms with Crippen molar-refractivity contribution < 1.29 is 9.59 Å². The third-order valence-electron chi connectivity index (χ3n) is 4.93. The van der Waals surface area contributed by atoms with Crippen LogP contribution in [0, 0.1) is 12.8 Å². The largest absolute Gasteiger partial charge is 0.354 e. The molecule has 5 heteroatoms. The van der Waals surface area contributed by atoms with E-state index in [1.807, 2.05) is 55.1 Å². The molecule has 2 rings (SSSR count). The molecule has 1 heterocycles. The van der Waals surface area contributed by atoms with Crippen molar-refractivity contribution in [3.8, 4) is 0 Å². The molecule has 1 atom stereocenters. The molecule has 0 bridgehead atoms. The van der Waals surface area contributed by atoms with Crippen LogP contribution in [0.4, 0.5) is 0 Å². The molecule has 138 valence electrons. The monoisotopic (exact) mass is 345 g/mol. The van der Waals surface area contributed by atoms with Gasteiger partial charge in [-0.2, -0.15) is 0 Å². The Morgan fingerprint density at radius 3 is 2.36 bits per heavy atom. The van der Waals surface area contributed by atoms with Gasteiger partial charge in [0.1, 0.15) is 6.04 Å². The Morgan fingerprint density at radius 1 is 1.20 bits per heavy atom. The first-order valence-electron chi connectivity index (χ1n) is 9.17. The summed E-state index contributed by atoms with van der Waals surface area (Å²) in [7, 11) is 3.79. The number of carbonyl (C=O) groups excluding carboxylic acids is 2. The van der Waals surface area contributed by atoms with E-state index in [2.05, 4.69) is 12.2 Å². The summed E-state index contributed by atoms with van der Waals surface area (Å²) in [4.78, 5) is 28.7. The number of nitrogens with zero attached hydrogens (tertiary/aromatic N) is 2. The van der Waals surface area contributed by atoms with Crippen molar-refractivity contribution in [1.29, 1.82) is 0 Å². The van der Waals surface area contributed by atoms with E-state index in [1.54, 1.807) is 0 Å². The maximum Gasteiger partial charge on any atom is 0.241 e. The van der Waals surface area contributed by atoms with E-state index in [0.29, 0.717) is 18.9 Å². The van der Waals surface area contributed by atoms with Gasteiger partial charge in [-0.25, -0.2) is 0 Å². The number of benzene rings is 1. The van der Waals surface area contributed by atoms with Gasteiger partial charge in [-0.15, -0.1) is 0 Å². The zero-order valence-electron chi connectivity index (χ0n) is 15.9. The van der Waals surface area contributed by atoms with E-state index in [4.69, 9.17) is 0 Å². The molecule has 5 nitrogen and oxygen atoms in total. The van der Waals surface area contributed by atoms with Crippen LogP contribution in [0.3, 0.4) is 0 Å². The molecule has 0 aromatic heterocycles. The van der Waals surface area contributed by atoms with Gasteiger partial charge in [0.05, 0.1) is 0 Å². The summed E-state index contributed by atoms with van der Waals surface area (Å²) in [5.41, 5.74) is 2.13. The van der Waals surface area contributed by atoms with Crippen LogP contribution >= 0.6 is 0 Å². The van der Waals surface area contributed by atoms with Crippen molar-refractivity contribution in [3.05, 3.63) is 35.4 Å². The fraction of sp³-hybridized carbons (Fsp3) is 0.600. The van der Waals surface area contributed by atoms with Crippen molar-refractivity contribution in [3.63, 3.8) is 0 Å². The molecule has 1 saturated heterocycles. The zero-order chi connectivity index (χ0) is 18.4. The summed E-state index contributed by atoms with van der Waals surface area (Å²) in [5.74, 6) is 0.789. The summed E-state index contributed by atoms with van der Waals surface area (Å²) in [6.45, 7) is 6.34. The smallest absolute Gasteiger partial charge is 0.241 e. The molecular formula is C20H31N3O2. The standard InChI is InChI=1S/C20H31N3O2/c1-15-5-7-17(8-6-15)19(22(3)4)20(25)21-12-9-18(24)23-13-10-16(2)11-14-23/h5-8,16,19H,9-14H2,1-4H3,(H,21,25). The summed E-state index contributed by atoms with van der Waals surface area (Å²) in [6, 6.07) is 7.66. The maximum atomic E-state index is 12.6. The van der Waals surface area contributed by atoms with E-state index in [1.165, 1.54) is 5.56 Å². The number of rotatable bonds is 6. The number of likely N-dealkylation sites (N-methyl/N-ethyl adjacent to an activating group) is 1. The van der Waals surface area contributed by atoms with Crippen LogP contribution < -0.4 is 5.32 Å². The molecule has 2 amide bonds. The normalized spacial score (nSPS) is 16.8. The molecule has 1 aliphatic rings. The van der Waals surface area contributed by atoms with Gasteiger partial charge in [0.25, 0.3) is 0 Å². The number of hydrogen-bond acceptors (Lipinski definition) is 3. The average Bonchev–Trinajstić information content (AvgIpc) is 2.57. The zero-order valence-corrected chi connectivity index (χ0v) is 15.9. The second-order valence-electron chi connectivity index (χ2n) is 7.38. The van der Waals surface area contributed by atoms with Crippen molar-refractivity contribution >= 4 is 11.8 Å². The summed E-state index contributed by atoms with van der Waals surface area (Å²) >= 11 is 0. The lowest BCUT2D eigenvalue weighted by Crippen LogP contribution is -2.41. The number of aryl methyl sites for hydroxylation is 1. The van der Waals surface area contributed by atoms with Crippen LogP contribution in [0.25, 0.3) is 0 Å². The number of amides is 2. The van der Waals surface area contributed by atoms with Crippen LogP contribution in [-0.4, -0.2) is 55.3 Å². The predicted molar refractivity (Wildman–Crippen MR) is 100 cm³/mol. The summed E-state index contributed by atoms with van der Waals surface area (Å²) in [6.07, 6.45) is 2.52. The van der Waals surface area contributed by atoms with Crippen molar-refractivity contribution in [1.82, 2.24) is 15.1 Å². The molecule has 1 unspecified atom stereocenters. The SMILES string of the molecule is Cc1ccc(C(C(=O)NCCC(=O)N2CCC(C)CC2)N(C)C)cc1. The predicted octanol–water partition coefficient (Wildman–Crippen LogP) is 2.36. The first kappa shape index (κ1) is 19.4. The Balaban J connectivity index is 1.85. The van der Waals surface area contributed by atoms with E-state index in [9.17, 15) is 9.59 Å². The van der Waals surface area contributed by atoms with Crippen molar-refractivity contribution in [2.45, 2.75) is 39.2 Å². The van der Waals surface area contributed by atoms with Crippen molar-refractivity contribution in [2.24, 2.45) is 5.92 Å². The lowest BCUT2D eigenvalue weighted by atomic mass is 9.99. The van der Waals surface area contributed by atoms with Crippen LogP contribution in [0.15, 0.2) is 24.3 Å². The minimum absolute atomic E-state index is 0.0612. The number of piperidine rings is 1. The molecule has 0 radical (unpaired) electrons. The first-order chi connectivity index (χ1) is 11.9. The Morgan fingerprint density at radius 2 is 1.80 bits per heavy atom. The molecule has 0 aliphatic carbocycles. The van der Waals surface area contributed by atoms with Crippen LogP contribution in [0.5, 0.6) is 0 Å². The molecule has 1 N–H and O–H groups in total. The number of hydrogen-bond donors (Lipinski definition) is 1. The number of likely N-dealkylation sites (tertiary alicyclic amines) is 1. The van der Waals surface area contributed by atoms with Gasteiger partial charge in [0.15, 0.2) is 0 Å². The molecule has 1 aliphatic heterocycles. The minimum Gasteiger partial charge on any atom is -0.354 e. The maximum absolute atomic E-state index is 12.6. The van der Waals surface area contributed by atoms with E-state index < -0.39 is 0 Å². The average molecular weight is 345 g/mol. The number of nitrogens with one attached hydrogen (secondary N) is 1. The van der Waals surface area contributed by atoms with Crippen LogP contribution in [0.2, 0.25) is 0 Å². The van der Waals surface area contributed by atoms with E-state index in [-0.39, 0.29) is 17.9 Å². The molecule has 1 aromatic carbocycles. The van der Waals surface area contributed by atoms with Gasteiger partial charge in [-0.1, -0.05) is 36.8 Å². The van der Waals surface area contributed by atoms with Gasteiger partial charge in [-0.3, -0.25) is 14.5 Å². The Labute approximate surface area is 151 Å². The fourth-order valence-electron chi connectivity index (χ4n) is 3.24. The van der Waals surface area contributed by atoms with E-state index >= 15 is 0 Å². The van der Waals surface area contributed by atoms with Gasteiger partial charge in [-0.05, 0) is 45.3 Å². The highest BCUT2D eigenvalue weighted by Gasteiger charge is 2.24. The minimum atomic E-state index is -0.341. The van der Waals surface area contributed by atoms with Crippen LogP contribution in [-0.2, 0) is 9.59 Å². The second kappa shape index (κ2) is 8.99. The molecular weight excluding hydrogens is 314 g/mol. The Kier molecular flexibility index (Phi) is 7.00. The summed E-state index contributed by atoms with van der Waals surface area (Å²) < 4.78 is 0. The van der Waals surface area contributed by atoms with Gasteiger partial charge < -0.3 is 10.2 Å². The molecule has 1 fully saturated rings. The number of carbonyl (C=O) groups is 2. The van der Waals surface area contributed by atoms with E-state index in [0.717, 1.165) is 31.5 Å². The second-order valence-corrected chi connectivity index (χ2v) is 7.38. The molecule has 25 heavy (non-hydrogen) atoms. The molecule has 1 aromatic rings. The first-order valence-corrected chi connectivity index (χ1v) is 9.17. The third kappa shape index (κ3) is 5.56. The quantitative estimate of drug-likeness (QED) is 0.861. The highest BCUT2D eigenvalue weighted by molar-refractivity contribution is 5.84. The highest BCUT2D eigenvalue weighted by atomic mass is 16.2. The van der Waals surface area contributed by atoms with Gasteiger partial charge in [0, 0.05) is 26.1 Å². The topological polar surface area (TPSA) is 52.7 Å². The summed E-state index contributed by atoms with van der Waals surface area (Å²) in [5, 5.41) is 2.93. The lowest BCUT2D eigenvalue weighted by molar-refractivity contribution is -0.132. The van der Waals surface area contributed by atoms with Crippen molar-refractivity contribution in [2.75, 3.05) is 33.7 Å². The van der Waals surface area contributed by atoms with Gasteiger partial charge >= 0.3 is 0 Å². The molecule has 0 spiro atoms. The van der Waals surface area contributed by atoms with Gasteiger partial charge in [0.2, 0.25) is 11.8 Å².